The first kappa shape index (κ1) is 16.7. The molecule has 4 nitrogen and oxygen atoms in total. The summed E-state index contributed by atoms with van der Waals surface area (Å²) in [7, 11) is 0. The van der Waals surface area contributed by atoms with Crippen molar-refractivity contribution in [3.8, 4) is 0 Å². The fraction of sp³-hybridized carbons (Fsp3) is 0.222. The third-order valence-electron chi connectivity index (χ3n) is 3.85. The van der Waals surface area contributed by atoms with Crippen LogP contribution in [0.1, 0.15) is 24.3 Å². The van der Waals surface area contributed by atoms with E-state index in [4.69, 9.17) is 11.6 Å². The smallest absolute Gasteiger partial charge is 0.278 e. The zero-order chi connectivity index (χ0) is 17.4. The molecule has 124 valence electrons. The van der Waals surface area contributed by atoms with Crippen molar-refractivity contribution in [2.24, 2.45) is 0 Å². The van der Waals surface area contributed by atoms with Crippen LogP contribution in [-0.4, -0.2) is 22.8 Å². The van der Waals surface area contributed by atoms with Gasteiger partial charge in [0, 0.05) is 21.6 Å². The average molecular weight is 361 g/mol. The van der Waals surface area contributed by atoms with Crippen LogP contribution in [0.2, 0.25) is 5.02 Å². The molecule has 0 fully saturated rings. The molecule has 6 heteroatoms. The third kappa shape index (κ3) is 2.85. The molecule has 0 unspecified atom stereocenters. The van der Waals surface area contributed by atoms with Gasteiger partial charge in [0.05, 0.1) is 5.57 Å². The maximum absolute atomic E-state index is 12.8. The predicted molar refractivity (Wildman–Crippen MR) is 98.0 cm³/mol. The lowest BCUT2D eigenvalue weighted by atomic mass is 10.1. The van der Waals surface area contributed by atoms with Crippen LogP contribution in [0.25, 0.3) is 5.57 Å². The van der Waals surface area contributed by atoms with E-state index in [-0.39, 0.29) is 17.9 Å². The standard InChI is InChI=1S/C18H17ClN2O2S/c1-10(2)21-17(22)15(14-5-4-8-24-14)16(18(21)23)20-13-7-6-12(19)9-11(13)3/h4-10,20H,1-3H3. The van der Waals surface area contributed by atoms with Crippen molar-refractivity contribution >= 4 is 46.0 Å². The van der Waals surface area contributed by atoms with Crippen LogP contribution in [0.15, 0.2) is 41.4 Å². The molecule has 1 aromatic heterocycles. The number of carbonyl (C=O) groups is 2. The van der Waals surface area contributed by atoms with Gasteiger partial charge in [0.1, 0.15) is 5.70 Å². The predicted octanol–water partition coefficient (Wildman–Crippen LogP) is 4.31. The van der Waals surface area contributed by atoms with Gasteiger partial charge in [-0.1, -0.05) is 17.7 Å². The molecule has 0 saturated heterocycles. The minimum atomic E-state index is -0.298. The van der Waals surface area contributed by atoms with Crippen LogP contribution in [0.5, 0.6) is 0 Å². The third-order valence-corrected chi connectivity index (χ3v) is 4.97. The molecule has 2 amide bonds. The van der Waals surface area contributed by atoms with Gasteiger partial charge in [0.15, 0.2) is 0 Å². The molecule has 0 spiro atoms. The van der Waals surface area contributed by atoms with E-state index in [1.165, 1.54) is 16.2 Å². The second-order valence-electron chi connectivity index (χ2n) is 5.89. The summed E-state index contributed by atoms with van der Waals surface area (Å²) in [6.07, 6.45) is 0. The molecular weight excluding hydrogens is 344 g/mol. The van der Waals surface area contributed by atoms with Crippen molar-refractivity contribution in [1.82, 2.24) is 4.90 Å². The van der Waals surface area contributed by atoms with E-state index < -0.39 is 0 Å². The Bertz CT molecular complexity index is 841. The van der Waals surface area contributed by atoms with Gasteiger partial charge in [-0.15, -0.1) is 11.3 Å². The highest BCUT2D eigenvalue weighted by Gasteiger charge is 2.41. The quantitative estimate of drug-likeness (QED) is 0.826. The Morgan fingerprint density at radius 3 is 2.50 bits per heavy atom. The highest BCUT2D eigenvalue weighted by molar-refractivity contribution is 7.11. The van der Waals surface area contributed by atoms with Crippen molar-refractivity contribution in [3.63, 3.8) is 0 Å². The number of thiophene rings is 1. The summed E-state index contributed by atoms with van der Waals surface area (Å²) in [5.41, 5.74) is 2.42. The Morgan fingerprint density at radius 2 is 1.92 bits per heavy atom. The fourth-order valence-electron chi connectivity index (χ4n) is 2.68. The van der Waals surface area contributed by atoms with Crippen LogP contribution < -0.4 is 5.32 Å². The van der Waals surface area contributed by atoms with Crippen LogP contribution >= 0.6 is 22.9 Å². The maximum Gasteiger partial charge on any atom is 0.278 e. The summed E-state index contributed by atoms with van der Waals surface area (Å²) in [6.45, 7) is 5.57. The molecule has 1 aliphatic heterocycles. The van der Waals surface area contributed by atoms with E-state index in [0.717, 1.165) is 16.1 Å². The van der Waals surface area contributed by atoms with Crippen LogP contribution in [0.3, 0.4) is 0 Å². The highest BCUT2D eigenvalue weighted by atomic mass is 35.5. The Kier molecular flexibility index (Phi) is 4.47. The molecule has 1 N–H and O–H groups in total. The first-order chi connectivity index (χ1) is 11.4. The Labute approximate surface area is 149 Å². The number of halogens is 1. The van der Waals surface area contributed by atoms with Crippen LogP contribution in [0, 0.1) is 6.92 Å². The molecule has 0 atom stereocenters. The Morgan fingerprint density at radius 1 is 1.17 bits per heavy atom. The number of imide groups is 1. The van der Waals surface area contributed by atoms with Gasteiger partial charge >= 0.3 is 0 Å². The van der Waals surface area contributed by atoms with Gasteiger partial charge in [0.2, 0.25) is 0 Å². The zero-order valence-electron chi connectivity index (χ0n) is 13.6. The summed E-state index contributed by atoms with van der Waals surface area (Å²) >= 11 is 7.43. The molecule has 3 rings (SSSR count). The average Bonchev–Trinajstić information content (AvgIpc) is 3.09. The number of carbonyl (C=O) groups excluding carboxylic acids is 2. The molecule has 0 aliphatic carbocycles. The summed E-state index contributed by atoms with van der Waals surface area (Å²) in [5, 5.41) is 5.68. The number of hydrogen-bond acceptors (Lipinski definition) is 4. The fourth-order valence-corrected chi connectivity index (χ4v) is 3.68. The number of benzene rings is 1. The number of rotatable bonds is 4. The van der Waals surface area contributed by atoms with E-state index in [0.29, 0.717) is 16.3 Å². The molecule has 2 aromatic rings. The molecule has 1 aliphatic rings. The first-order valence-electron chi connectivity index (χ1n) is 7.59. The summed E-state index contributed by atoms with van der Waals surface area (Å²) in [6, 6.07) is 8.90. The first-order valence-corrected chi connectivity index (χ1v) is 8.85. The monoisotopic (exact) mass is 360 g/mol. The number of amides is 2. The van der Waals surface area contributed by atoms with E-state index in [1.54, 1.807) is 6.07 Å². The summed E-state index contributed by atoms with van der Waals surface area (Å²) in [4.78, 5) is 27.7. The maximum atomic E-state index is 12.8. The lowest BCUT2D eigenvalue weighted by molar-refractivity contribution is -0.138. The van der Waals surface area contributed by atoms with Crippen molar-refractivity contribution in [3.05, 3.63) is 56.9 Å². The Hall–Kier alpha value is -2.11. The largest absolute Gasteiger partial charge is 0.350 e. The normalized spacial score (nSPS) is 15.0. The van der Waals surface area contributed by atoms with Crippen molar-refractivity contribution in [2.75, 3.05) is 5.32 Å². The second-order valence-corrected chi connectivity index (χ2v) is 7.27. The van der Waals surface area contributed by atoms with Gasteiger partial charge < -0.3 is 5.32 Å². The topological polar surface area (TPSA) is 49.4 Å². The number of hydrogen-bond donors (Lipinski definition) is 1. The van der Waals surface area contributed by atoms with Gasteiger partial charge in [0.25, 0.3) is 11.8 Å². The summed E-state index contributed by atoms with van der Waals surface area (Å²) < 4.78 is 0. The SMILES string of the molecule is Cc1cc(Cl)ccc1NC1=C(c2cccs2)C(=O)N(C(C)C)C1=O. The van der Waals surface area contributed by atoms with Crippen LogP contribution in [0.4, 0.5) is 5.69 Å². The highest BCUT2D eigenvalue weighted by Crippen LogP contribution is 2.34. The molecule has 0 bridgehead atoms. The van der Waals surface area contributed by atoms with Gasteiger partial charge in [-0.2, -0.15) is 0 Å². The zero-order valence-corrected chi connectivity index (χ0v) is 15.2. The molecule has 24 heavy (non-hydrogen) atoms. The van der Waals surface area contributed by atoms with E-state index in [2.05, 4.69) is 5.32 Å². The van der Waals surface area contributed by atoms with Gasteiger partial charge in [-0.3, -0.25) is 14.5 Å². The minimum absolute atomic E-state index is 0.203. The van der Waals surface area contributed by atoms with Gasteiger partial charge in [-0.25, -0.2) is 0 Å². The van der Waals surface area contributed by atoms with Crippen LogP contribution in [-0.2, 0) is 9.59 Å². The minimum Gasteiger partial charge on any atom is -0.350 e. The number of aryl methyl sites for hydroxylation is 1. The van der Waals surface area contributed by atoms with E-state index in [9.17, 15) is 9.59 Å². The van der Waals surface area contributed by atoms with E-state index in [1.807, 2.05) is 50.4 Å². The number of nitrogens with one attached hydrogen (secondary N) is 1. The number of anilines is 1. The second kappa shape index (κ2) is 6.42. The Balaban J connectivity index is 2.09. The van der Waals surface area contributed by atoms with Gasteiger partial charge in [-0.05, 0) is 56.0 Å². The molecule has 2 heterocycles. The lowest BCUT2D eigenvalue weighted by Crippen LogP contribution is -2.38. The molecule has 0 saturated carbocycles. The van der Waals surface area contributed by atoms with Crippen molar-refractivity contribution in [1.29, 1.82) is 0 Å². The van der Waals surface area contributed by atoms with E-state index >= 15 is 0 Å². The molecule has 0 radical (unpaired) electrons. The molecular formula is C18H17ClN2O2S. The molecule has 1 aromatic carbocycles. The van der Waals surface area contributed by atoms with Crippen molar-refractivity contribution < 1.29 is 9.59 Å². The van der Waals surface area contributed by atoms with Crippen molar-refractivity contribution in [2.45, 2.75) is 26.8 Å². The lowest BCUT2D eigenvalue weighted by Gasteiger charge is -2.19. The summed E-state index contributed by atoms with van der Waals surface area (Å²) in [5.74, 6) is -0.556. The number of nitrogens with zero attached hydrogens (tertiary/aromatic N) is 1.